The summed E-state index contributed by atoms with van der Waals surface area (Å²) in [6, 6.07) is 15.8. The topological polar surface area (TPSA) is 83.7 Å². The second-order valence-corrected chi connectivity index (χ2v) is 6.93. The first-order valence-corrected chi connectivity index (χ1v) is 10.3. The van der Waals surface area contributed by atoms with Gasteiger partial charge in [0.2, 0.25) is 0 Å². The van der Waals surface area contributed by atoms with Gasteiger partial charge in [-0.05, 0) is 61.4 Å². The summed E-state index contributed by atoms with van der Waals surface area (Å²) in [4.78, 5) is 4.41. The molecule has 1 atom stereocenters. The van der Waals surface area contributed by atoms with E-state index in [1.165, 1.54) is 29.8 Å². The summed E-state index contributed by atoms with van der Waals surface area (Å²) in [6.07, 6.45) is 3.73. The average Bonchev–Trinajstić information content (AvgIpc) is 3.32. The molecule has 0 bridgehead atoms. The van der Waals surface area contributed by atoms with E-state index in [0.29, 0.717) is 24.8 Å². The largest absolute Gasteiger partial charge is 0.491 e. The first-order valence-electron chi connectivity index (χ1n) is 10.3. The maximum Gasteiger partial charge on any atom is 0.191 e. The molecule has 9 heteroatoms. The van der Waals surface area contributed by atoms with Crippen LogP contribution in [-0.4, -0.2) is 53.2 Å². The number of guanidine groups is 1. The van der Waals surface area contributed by atoms with E-state index in [0.717, 1.165) is 12.1 Å². The van der Waals surface area contributed by atoms with Crippen molar-refractivity contribution in [2.24, 2.45) is 4.99 Å². The molecule has 7 nitrogen and oxygen atoms in total. The Labute approximate surface area is 204 Å². The van der Waals surface area contributed by atoms with Gasteiger partial charge < -0.3 is 20.5 Å². The van der Waals surface area contributed by atoms with Gasteiger partial charge in [0.1, 0.15) is 24.3 Å². The first kappa shape index (κ1) is 25.6. The molecule has 1 unspecified atom stereocenters. The van der Waals surface area contributed by atoms with Gasteiger partial charge in [0.15, 0.2) is 5.96 Å². The Morgan fingerprint density at radius 3 is 2.56 bits per heavy atom. The van der Waals surface area contributed by atoms with Crippen LogP contribution in [0.4, 0.5) is 4.39 Å². The highest BCUT2D eigenvalue weighted by molar-refractivity contribution is 14.0. The quantitative estimate of drug-likeness (QED) is 0.204. The van der Waals surface area contributed by atoms with Gasteiger partial charge in [-0.3, -0.25) is 4.99 Å². The summed E-state index contributed by atoms with van der Waals surface area (Å²) in [5.41, 5.74) is 2.22. The maximum atomic E-state index is 12.9. The van der Waals surface area contributed by atoms with Crippen molar-refractivity contribution < 1.29 is 14.2 Å². The summed E-state index contributed by atoms with van der Waals surface area (Å²) in [5, 5.41) is 20.8. The van der Waals surface area contributed by atoms with Crippen molar-refractivity contribution in [2.75, 3.05) is 26.2 Å². The van der Waals surface area contributed by atoms with Crippen LogP contribution in [0.25, 0.3) is 5.69 Å². The molecule has 0 radical (unpaired) electrons. The van der Waals surface area contributed by atoms with Gasteiger partial charge in [-0.2, -0.15) is 5.10 Å². The van der Waals surface area contributed by atoms with Crippen molar-refractivity contribution >= 4 is 29.9 Å². The minimum atomic E-state index is -0.768. The molecule has 0 fully saturated rings. The third kappa shape index (κ3) is 8.46. The first-order chi connectivity index (χ1) is 15.1. The molecule has 2 aromatic carbocycles. The highest BCUT2D eigenvalue weighted by Crippen LogP contribution is 2.11. The number of aliphatic hydroxyl groups is 1. The van der Waals surface area contributed by atoms with Crippen molar-refractivity contribution in [1.29, 1.82) is 0 Å². The number of aliphatic imine (C=N–C) groups is 1. The summed E-state index contributed by atoms with van der Waals surface area (Å²) >= 11 is 0. The number of hydrogen-bond acceptors (Lipinski definition) is 4. The Morgan fingerprint density at radius 2 is 1.91 bits per heavy atom. The highest BCUT2D eigenvalue weighted by atomic mass is 127. The van der Waals surface area contributed by atoms with Gasteiger partial charge in [-0.1, -0.05) is 12.1 Å². The molecule has 3 rings (SSSR count). The smallest absolute Gasteiger partial charge is 0.191 e. The Balaban J connectivity index is 0.00000363. The van der Waals surface area contributed by atoms with E-state index >= 15 is 0 Å². The van der Waals surface area contributed by atoms with Gasteiger partial charge in [0.05, 0.1) is 12.2 Å². The molecule has 0 aliphatic heterocycles. The minimum absolute atomic E-state index is 0. The zero-order valence-electron chi connectivity index (χ0n) is 17.9. The summed E-state index contributed by atoms with van der Waals surface area (Å²) < 4.78 is 20.2. The van der Waals surface area contributed by atoms with Crippen LogP contribution in [0.1, 0.15) is 12.5 Å². The fraction of sp³-hybridized carbons (Fsp3) is 0.304. The van der Waals surface area contributed by atoms with Gasteiger partial charge in [0.25, 0.3) is 0 Å². The van der Waals surface area contributed by atoms with Gasteiger partial charge in [0, 0.05) is 25.5 Å². The highest BCUT2D eigenvalue weighted by Gasteiger charge is 2.06. The minimum Gasteiger partial charge on any atom is -0.491 e. The third-order valence-electron chi connectivity index (χ3n) is 4.47. The number of benzene rings is 2. The SMILES string of the molecule is CCNC(=NCC(O)COc1ccc(F)cc1)NCCc1ccc(-n2cccn2)cc1.I. The number of aliphatic hydroxyl groups excluding tert-OH is 1. The maximum absolute atomic E-state index is 12.9. The molecule has 0 spiro atoms. The molecule has 1 aromatic heterocycles. The predicted molar refractivity (Wildman–Crippen MR) is 135 cm³/mol. The van der Waals surface area contributed by atoms with Crippen LogP contribution in [0.2, 0.25) is 0 Å². The molecular weight excluding hydrogens is 524 g/mol. The van der Waals surface area contributed by atoms with Crippen LogP contribution in [-0.2, 0) is 6.42 Å². The van der Waals surface area contributed by atoms with Gasteiger partial charge in [-0.15, -0.1) is 24.0 Å². The van der Waals surface area contributed by atoms with Crippen molar-refractivity contribution in [2.45, 2.75) is 19.4 Å². The molecule has 172 valence electrons. The van der Waals surface area contributed by atoms with Crippen LogP contribution in [0.3, 0.4) is 0 Å². The molecule has 3 N–H and O–H groups in total. The number of aromatic nitrogens is 2. The zero-order valence-corrected chi connectivity index (χ0v) is 20.3. The number of hydrogen-bond donors (Lipinski definition) is 3. The lowest BCUT2D eigenvalue weighted by atomic mass is 10.1. The van der Waals surface area contributed by atoms with Gasteiger partial charge in [-0.25, -0.2) is 9.07 Å². The lowest BCUT2D eigenvalue weighted by Gasteiger charge is -2.14. The zero-order chi connectivity index (χ0) is 21.9. The number of nitrogens with zero attached hydrogens (tertiary/aromatic N) is 3. The van der Waals surface area contributed by atoms with E-state index in [9.17, 15) is 9.50 Å². The van der Waals surface area contributed by atoms with Crippen LogP contribution in [0, 0.1) is 5.82 Å². The van der Waals surface area contributed by atoms with E-state index in [1.807, 2.05) is 36.0 Å². The van der Waals surface area contributed by atoms with Crippen molar-refractivity contribution in [3.63, 3.8) is 0 Å². The van der Waals surface area contributed by atoms with E-state index in [1.54, 1.807) is 6.20 Å². The van der Waals surface area contributed by atoms with E-state index < -0.39 is 6.10 Å². The normalized spacial score (nSPS) is 12.0. The lowest BCUT2D eigenvalue weighted by Crippen LogP contribution is -2.39. The summed E-state index contributed by atoms with van der Waals surface area (Å²) in [7, 11) is 0. The summed E-state index contributed by atoms with van der Waals surface area (Å²) in [6.45, 7) is 3.67. The number of halogens is 2. The Bertz CT molecular complexity index is 934. The van der Waals surface area contributed by atoms with Crippen molar-refractivity contribution in [1.82, 2.24) is 20.4 Å². The Kier molecular flexibility index (Phi) is 10.9. The summed E-state index contributed by atoms with van der Waals surface area (Å²) in [5.74, 6) is 0.817. The lowest BCUT2D eigenvalue weighted by molar-refractivity contribution is 0.114. The standard InChI is InChI=1S/C23H28FN5O2.HI/c1-2-25-23(27-16-21(30)17-31-22-10-6-19(24)7-11-22)26-14-12-18-4-8-20(9-5-18)29-15-3-13-28-29;/h3-11,13,15,21,30H,2,12,14,16-17H2,1H3,(H2,25,26,27);1H. The van der Waals surface area contributed by atoms with Crippen molar-refractivity contribution in [3.05, 3.63) is 78.4 Å². The predicted octanol–water partition coefficient (Wildman–Crippen LogP) is 3.17. The van der Waals surface area contributed by atoms with E-state index in [2.05, 4.69) is 32.9 Å². The van der Waals surface area contributed by atoms with Crippen LogP contribution >= 0.6 is 24.0 Å². The van der Waals surface area contributed by atoms with Crippen LogP contribution < -0.4 is 15.4 Å². The second-order valence-electron chi connectivity index (χ2n) is 6.93. The average molecular weight is 553 g/mol. The van der Waals surface area contributed by atoms with Gasteiger partial charge >= 0.3 is 0 Å². The van der Waals surface area contributed by atoms with Crippen molar-refractivity contribution in [3.8, 4) is 11.4 Å². The number of ether oxygens (including phenoxy) is 1. The Morgan fingerprint density at radius 1 is 1.16 bits per heavy atom. The molecule has 0 amide bonds. The Hall–Kier alpha value is -2.66. The monoisotopic (exact) mass is 553 g/mol. The second kappa shape index (κ2) is 13.7. The molecule has 32 heavy (non-hydrogen) atoms. The fourth-order valence-corrected chi connectivity index (χ4v) is 2.88. The molecule has 0 aliphatic rings. The van der Waals surface area contributed by atoms with E-state index in [-0.39, 0.29) is 42.9 Å². The molecular formula is C23H29FIN5O2. The van der Waals surface area contributed by atoms with Crippen LogP contribution in [0.5, 0.6) is 5.75 Å². The van der Waals surface area contributed by atoms with E-state index in [4.69, 9.17) is 4.74 Å². The third-order valence-corrected chi connectivity index (χ3v) is 4.47. The molecule has 0 saturated carbocycles. The molecule has 1 heterocycles. The molecule has 0 saturated heterocycles. The molecule has 0 aliphatic carbocycles. The number of nitrogens with one attached hydrogen (secondary N) is 2. The van der Waals surface area contributed by atoms with Crippen LogP contribution in [0.15, 0.2) is 72.0 Å². The molecule has 3 aromatic rings. The fourth-order valence-electron chi connectivity index (χ4n) is 2.88. The number of rotatable bonds is 10.